The molecule has 5 nitrogen and oxygen atoms in total. The van der Waals surface area contributed by atoms with Gasteiger partial charge in [-0.25, -0.2) is 14.8 Å². The van der Waals surface area contributed by atoms with Gasteiger partial charge in [-0.15, -0.1) is 0 Å². The molecule has 0 amide bonds. The van der Waals surface area contributed by atoms with Crippen molar-refractivity contribution in [1.29, 1.82) is 0 Å². The maximum Gasteiger partial charge on any atom is 0.354 e. The van der Waals surface area contributed by atoms with Crippen molar-refractivity contribution < 1.29 is 9.90 Å². The van der Waals surface area contributed by atoms with Crippen molar-refractivity contribution >= 4 is 5.97 Å². The number of rotatable bonds is 3. The number of hydrogen-bond acceptors (Lipinski definition) is 4. The molecule has 0 aromatic carbocycles. The summed E-state index contributed by atoms with van der Waals surface area (Å²) in [6, 6.07) is 1.35. The number of hydrogen-bond donors (Lipinski definition) is 2. The van der Waals surface area contributed by atoms with E-state index in [2.05, 4.69) is 9.97 Å². The lowest BCUT2D eigenvalue weighted by Crippen LogP contribution is -2.04. The fourth-order valence-electron chi connectivity index (χ4n) is 0.790. The Hall–Kier alpha value is -1.91. The average Bonchev–Trinajstić information content (AvgIpc) is 2.15. The molecule has 0 atom stereocenters. The number of nitrogens with zero attached hydrogens (tertiary/aromatic N) is 2. The number of carboxylic acid groups (broad SMARTS) is 1. The van der Waals surface area contributed by atoms with E-state index in [-0.39, 0.29) is 5.69 Å². The molecule has 13 heavy (non-hydrogen) atoms. The first-order valence-corrected chi connectivity index (χ1v) is 3.66. The minimum atomic E-state index is -1.06. The van der Waals surface area contributed by atoms with Gasteiger partial charge in [-0.2, -0.15) is 0 Å². The van der Waals surface area contributed by atoms with Gasteiger partial charge >= 0.3 is 5.97 Å². The topological polar surface area (TPSA) is 89.1 Å². The summed E-state index contributed by atoms with van der Waals surface area (Å²) in [5, 5.41) is 8.60. The van der Waals surface area contributed by atoms with Crippen molar-refractivity contribution in [1.82, 2.24) is 9.97 Å². The molecule has 0 spiro atoms. The first kappa shape index (κ1) is 9.18. The SMILES string of the molecule is NC=CCc1nccc(C(=O)O)n1. The van der Waals surface area contributed by atoms with Crippen LogP contribution in [0.2, 0.25) is 0 Å². The fraction of sp³-hybridized carbons (Fsp3) is 0.125. The van der Waals surface area contributed by atoms with E-state index < -0.39 is 5.97 Å². The molecule has 0 fully saturated rings. The van der Waals surface area contributed by atoms with Gasteiger partial charge in [-0.05, 0) is 12.3 Å². The molecule has 3 N–H and O–H groups in total. The Kier molecular flexibility index (Phi) is 2.97. The zero-order valence-electron chi connectivity index (χ0n) is 6.84. The summed E-state index contributed by atoms with van der Waals surface area (Å²) in [6.45, 7) is 0. The third-order valence-electron chi connectivity index (χ3n) is 1.36. The lowest BCUT2D eigenvalue weighted by Gasteiger charge is -1.96. The average molecular weight is 179 g/mol. The Morgan fingerprint density at radius 1 is 1.69 bits per heavy atom. The predicted molar refractivity (Wildman–Crippen MR) is 46.0 cm³/mol. The molecule has 0 aliphatic rings. The molecule has 0 radical (unpaired) electrons. The van der Waals surface area contributed by atoms with Crippen molar-refractivity contribution in [3.8, 4) is 0 Å². The molecule has 1 heterocycles. The van der Waals surface area contributed by atoms with Crippen LogP contribution in [0.5, 0.6) is 0 Å². The summed E-state index contributed by atoms with van der Waals surface area (Å²) >= 11 is 0. The normalized spacial score (nSPS) is 10.5. The van der Waals surface area contributed by atoms with Gasteiger partial charge in [-0.3, -0.25) is 0 Å². The van der Waals surface area contributed by atoms with E-state index in [0.717, 1.165) is 0 Å². The molecule has 0 saturated heterocycles. The number of allylic oxidation sites excluding steroid dienone is 1. The maximum atomic E-state index is 10.5. The number of aromatic carboxylic acids is 1. The van der Waals surface area contributed by atoms with E-state index in [0.29, 0.717) is 12.2 Å². The van der Waals surface area contributed by atoms with Gasteiger partial charge in [0.1, 0.15) is 5.82 Å². The fourth-order valence-corrected chi connectivity index (χ4v) is 0.790. The second-order valence-electron chi connectivity index (χ2n) is 2.30. The largest absolute Gasteiger partial charge is 0.477 e. The molecule has 1 aromatic rings. The second-order valence-corrected chi connectivity index (χ2v) is 2.30. The third kappa shape index (κ3) is 2.55. The van der Waals surface area contributed by atoms with Crippen LogP contribution in [0.4, 0.5) is 0 Å². The first-order chi connectivity index (χ1) is 6.24. The molecule has 1 aromatic heterocycles. The van der Waals surface area contributed by atoms with Gasteiger partial charge in [0, 0.05) is 12.6 Å². The first-order valence-electron chi connectivity index (χ1n) is 3.66. The van der Waals surface area contributed by atoms with Crippen LogP contribution in [0, 0.1) is 0 Å². The van der Waals surface area contributed by atoms with Gasteiger partial charge in [0.2, 0.25) is 0 Å². The molecular formula is C8H9N3O2. The highest BCUT2D eigenvalue weighted by Gasteiger charge is 2.04. The van der Waals surface area contributed by atoms with Crippen LogP contribution >= 0.6 is 0 Å². The van der Waals surface area contributed by atoms with Crippen LogP contribution in [0.1, 0.15) is 16.3 Å². The van der Waals surface area contributed by atoms with Gasteiger partial charge in [0.25, 0.3) is 0 Å². The molecule has 5 heteroatoms. The van der Waals surface area contributed by atoms with Crippen LogP contribution in [-0.2, 0) is 6.42 Å². The van der Waals surface area contributed by atoms with Gasteiger partial charge in [0.15, 0.2) is 5.69 Å². The highest BCUT2D eigenvalue weighted by molar-refractivity contribution is 5.85. The summed E-state index contributed by atoms with van der Waals surface area (Å²) < 4.78 is 0. The smallest absolute Gasteiger partial charge is 0.354 e. The Labute approximate surface area is 74.9 Å². The summed E-state index contributed by atoms with van der Waals surface area (Å²) in [4.78, 5) is 18.2. The third-order valence-corrected chi connectivity index (χ3v) is 1.36. The van der Waals surface area contributed by atoms with Crippen LogP contribution in [0.15, 0.2) is 24.5 Å². The van der Waals surface area contributed by atoms with Gasteiger partial charge in [0.05, 0.1) is 0 Å². The van der Waals surface area contributed by atoms with E-state index in [1.807, 2.05) is 0 Å². The molecule has 0 unspecified atom stereocenters. The Bertz CT molecular complexity index is 336. The van der Waals surface area contributed by atoms with E-state index in [1.54, 1.807) is 6.08 Å². The quantitative estimate of drug-likeness (QED) is 0.691. The maximum absolute atomic E-state index is 10.5. The minimum Gasteiger partial charge on any atom is -0.477 e. The highest BCUT2D eigenvalue weighted by Crippen LogP contribution is 1.96. The van der Waals surface area contributed by atoms with Crippen molar-refractivity contribution in [2.45, 2.75) is 6.42 Å². The molecule has 0 aliphatic heterocycles. The van der Waals surface area contributed by atoms with Crippen LogP contribution in [0.25, 0.3) is 0 Å². The number of carbonyl (C=O) groups is 1. The molecule has 68 valence electrons. The second kappa shape index (κ2) is 4.20. The van der Waals surface area contributed by atoms with Crippen molar-refractivity contribution in [3.63, 3.8) is 0 Å². The minimum absolute atomic E-state index is 0.00424. The summed E-state index contributed by atoms with van der Waals surface area (Å²) in [6.07, 6.45) is 4.88. The lowest BCUT2D eigenvalue weighted by molar-refractivity contribution is 0.0690. The van der Waals surface area contributed by atoms with Gasteiger partial charge in [-0.1, -0.05) is 6.08 Å². The molecule has 0 aliphatic carbocycles. The van der Waals surface area contributed by atoms with E-state index in [1.165, 1.54) is 18.5 Å². The summed E-state index contributed by atoms with van der Waals surface area (Å²) in [5.41, 5.74) is 5.12. The summed E-state index contributed by atoms with van der Waals surface area (Å²) in [5.74, 6) is -0.609. The van der Waals surface area contributed by atoms with Crippen molar-refractivity contribution in [2.24, 2.45) is 5.73 Å². The van der Waals surface area contributed by atoms with Crippen LogP contribution in [0.3, 0.4) is 0 Å². The number of nitrogens with two attached hydrogens (primary N) is 1. The monoisotopic (exact) mass is 179 g/mol. The molecule has 1 rings (SSSR count). The molecule has 0 saturated carbocycles. The Morgan fingerprint density at radius 2 is 2.46 bits per heavy atom. The standard InChI is InChI=1S/C8H9N3O2/c9-4-1-2-7-10-5-3-6(11-7)8(12)13/h1,3-5H,2,9H2,(H,12,13). The zero-order valence-corrected chi connectivity index (χ0v) is 6.84. The predicted octanol–water partition coefficient (Wildman–Crippen LogP) is 0.190. The summed E-state index contributed by atoms with van der Waals surface area (Å²) in [7, 11) is 0. The Balaban J connectivity index is 2.85. The lowest BCUT2D eigenvalue weighted by atomic mass is 10.3. The highest BCUT2D eigenvalue weighted by atomic mass is 16.4. The Morgan fingerprint density at radius 3 is 3.08 bits per heavy atom. The van der Waals surface area contributed by atoms with Crippen LogP contribution in [-0.4, -0.2) is 21.0 Å². The molecule has 0 bridgehead atoms. The van der Waals surface area contributed by atoms with E-state index >= 15 is 0 Å². The van der Waals surface area contributed by atoms with Crippen molar-refractivity contribution in [3.05, 3.63) is 36.1 Å². The number of aromatic nitrogens is 2. The van der Waals surface area contributed by atoms with Crippen LogP contribution < -0.4 is 5.73 Å². The number of carboxylic acids is 1. The van der Waals surface area contributed by atoms with Crippen molar-refractivity contribution in [2.75, 3.05) is 0 Å². The van der Waals surface area contributed by atoms with E-state index in [9.17, 15) is 4.79 Å². The molecular weight excluding hydrogens is 170 g/mol. The zero-order chi connectivity index (χ0) is 9.68. The van der Waals surface area contributed by atoms with E-state index in [4.69, 9.17) is 10.8 Å². The van der Waals surface area contributed by atoms with Gasteiger partial charge < -0.3 is 10.8 Å².